The molecule has 8 heteroatoms. The molecule has 1 atom stereocenters. The summed E-state index contributed by atoms with van der Waals surface area (Å²) in [4.78, 5) is 31.8. The Labute approximate surface area is 146 Å². The number of aromatic amines is 1. The van der Waals surface area contributed by atoms with Gasteiger partial charge in [0, 0.05) is 22.1 Å². The molecule has 2 aromatic heterocycles. The number of benzene rings is 1. The first-order valence-electron chi connectivity index (χ1n) is 7.12. The van der Waals surface area contributed by atoms with Gasteiger partial charge in [0.15, 0.2) is 5.37 Å². The second-order valence-corrected chi connectivity index (χ2v) is 6.76. The summed E-state index contributed by atoms with van der Waals surface area (Å²) in [6.45, 7) is 0. The van der Waals surface area contributed by atoms with E-state index in [-0.39, 0.29) is 11.8 Å². The van der Waals surface area contributed by atoms with Crippen LogP contribution in [0.1, 0.15) is 10.5 Å². The second kappa shape index (κ2) is 5.85. The van der Waals surface area contributed by atoms with Crippen molar-refractivity contribution in [1.29, 1.82) is 0 Å². The molecule has 0 saturated carbocycles. The lowest BCUT2D eigenvalue weighted by atomic mass is 10.2. The molecule has 0 aliphatic carbocycles. The highest BCUT2D eigenvalue weighted by atomic mass is 35.5. The van der Waals surface area contributed by atoms with E-state index < -0.39 is 5.37 Å². The minimum absolute atomic E-state index is 0.284. The maximum atomic E-state index is 12.4. The van der Waals surface area contributed by atoms with Crippen LogP contribution >= 0.6 is 23.4 Å². The van der Waals surface area contributed by atoms with E-state index in [1.54, 1.807) is 42.6 Å². The van der Waals surface area contributed by atoms with E-state index in [0.29, 0.717) is 21.4 Å². The van der Waals surface area contributed by atoms with Gasteiger partial charge in [0.25, 0.3) is 11.8 Å². The van der Waals surface area contributed by atoms with E-state index in [1.165, 1.54) is 11.8 Å². The van der Waals surface area contributed by atoms with Gasteiger partial charge >= 0.3 is 0 Å². The van der Waals surface area contributed by atoms with Gasteiger partial charge in [0.05, 0.1) is 5.69 Å². The van der Waals surface area contributed by atoms with E-state index in [0.717, 1.165) is 10.9 Å². The Kier molecular flexibility index (Phi) is 3.66. The maximum Gasteiger partial charge on any atom is 0.269 e. The summed E-state index contributed by atoms with van der Waals surface area (Å²) in [5.74, 6) is -0.651. The zero-order valence-corrected chi connectivity index (χ0v) is 13.7. The van der Waals surface area contributed by atoms with Gasteiger partial charge in [-0.05, 0) is 36.4 Å². The highest BCUT2D eigenvalue weighted by Crippen LogP contribution is 2.32. The molecule has 0 bridgehead atoms. The summed E-state index contributed by atoms with van der Waals surface area (Å²) in [6.07, 6.45) is 1.64. The molecular weight excluding hydrogens is 348 g/mol. The Morgan fingerprint density at radius 3 is 3.04 bits per heavy atom. The van der Waals surface area contributed by atoms with Crippen molar-refractivity contribution in [3.05, 3.63) is 53.3 Å². The third kappa shape index (κ3) is 2.72. The van der Waals surface area contributed by atoms with Crippen molar-refractivity contribution >= 4 is 51.8 Å². The first-order chi connectivity index (χ1) is 11.6. The van der Waals surface area contributed by atoms with Crippen LogP contribution in [0, 0.1) is 0 Å². The molecule has 6 nitrogen and oxygen atoms in total. The molecule has 0 saturated heterocycles. The number of halogens is 1. The molecule has 3 aromatic rings. The Morgan fingerprint density at radius 2 is 2.17 bits per heavy atom. The monoisotopic (exact) mass is 358 g/mol. The lowest BCUT2D eigenvalue weighted by Gasteiger charge is -2.23. The number of rotatable bonds is 2. The van der Waals surface area contributed by atoms with Crippen molar-refractivity contribution in [2.45, 2.75) is 10.4 Å². The van der Waals surface area contributed by atoms with Crippen LogP contribution in [-0.2, 0) is 4.79 Å². The van der Waals surface area contributed by atoms with Crippen LogP contribution in [0.2, 0.25) is 5.02 Å². The average Bonchev–Trinajstić information content (AvgIpc) is 2.98. The standard InChI is InChI=1S/C16H11ClN4O2S/c17-9-3-4-10-8(6-9)7-12(19-10)13(22)21-16-14(23)20-11-2-1-5-18-15(11)24-16/h1-7,16,19H,(H,20,23)(H,21,22). The number of thioether (sulfide) groups is 1. The van der Waals surface area contributed by atoms with Crippen LogP contribution in [0.3, 0.4) is 0 Å². The molecule has 1 aromatic carbocycles. The van der Waals surface area contributed by atoms with Crippen LogP contribution in [0.4, 0.5) is 5.69 Å². The van der Waals surface area contributed by atoms with Crippen molar-refractivity contribution in [2.24, 2.45) is 0 Å². The first kappa shape index (κ1) is 15.0. The molecule has 0 radical (unpaired) electrons. The third-order valence-corrected chi connectivity index (χ3v) is 4.94. The summed E-state index contributed by atoms with van der Waals surface area (Å²) < 4.78 is 0. The number of carbonyl (C=O) groups is 2. The number of carbonyl (C=O) groups excluding carboxylic acids is 2. The predicted octanol–water partition coefficient (Wildman–Crippen LogP) is 3.02. The third-order valence-electron chi connectivity index (χ3n) is 3.59. The van der Waals surface area contributed by atoms with Gasteiger partial charge < -0.3 is 15.6 Å². The van der Waals surface area contributed by atoms with E-state index in [4.69, 9.17) is 11.6 Å². The fourth-order valence-corrected chi connectivity index (χ4v) is 3.56. The lowest BCUT2D eigenvalue weighted by molar-refractivity contribution is -0.116. The Bertz CT molecular complexity index is 972. The molecular formula is C16H11ClN4O2S. The fourth-order valence-electron chi connectivity index (χ4n) is 2.46. The number of hydrogen-bond acceptors (Lipinski definition) is 4. The van der Waals surface area contributed by atoms with Crippen molar-refractivity contribution < 1.29 is 9.59 Å². The highest BCUT2D eigenvalue weighted by molar-refractivity contribution is 8.00. The summed E-state index contributed by atoms with van der Waals surface area (Å²) in [6, 6.07) is 10.5. The number of fused-ring (bicyclic) bond motifs is 2. The first-order valence-corrected chi connectivity index (χ1v) is 8.37. The van der Waals surface area contributed by atoms with Crippen LogP contribution in [0.25, 0.3) is 10.9 Å². The van der Waals surface area contributed by atoms with Crippen molar-refractivity contribution in [1.82, 2.24) is 15.3 Å². The zero-order chi connectivity index (χ0) is 16.7. The molecule has 1 aliphatic rings. The number of aromatic nitrogens is 2. The Hall–Kier alpha value is -2.51. The highest BCUT2D eigenvalue weighted by Gasteiger charge is 2.29. The average molecular weight is 359 g/mol. The summed E-state index contributed by atoms with van der Waals surface area (Å²) in [7, 11) is 0. The fraction of sp³-hybridized carbons (Fsp3) is 0.0625. The van der Waals surface area contributed by atoms with E-state index in [9.17, 15) is 9.59 Å². The molecule has 120 valence electrons. The number of pyridine rings is 1. The molecule has 1 aliphatic heterocycles. The van der Waals surface area contributed by atoms with Gasteiger partial charge in [-0.1, -0.05) is 23.4 Å². The summed E-state index contributed by atoms with van der Waals surface area (Å²) >= 11 is 7.16. The molecule has 3 N–H and O–H groups in total. The molecule has 0 spiro atoms. The molecule has 0 fully saturated rings. The van der Waals surface area contributed by atoms with Gasteiger partial charge in [-0.2, -0.15) is 0 Å². The number of H-pyrrole nitrogens is 1. The predicted molar refractivity (Wildman–Crippen MR) is 93.3 cm³/mol. The second-order valence-electron chi connectivity index (χ2n) is 5.23. The van der Waals surface area contributed by atoms with Crippen molar-refractivity contribution in [2.75, 3.05) is 5.32 Å². The quantitative estimate of drug-likeness (QED) is 0.657. The van der Waals surface area contributed by atoms with Crippen LogP contribution in [-0.4, -0.2) is 27.2 Å². The van der Waals surface area contributed by atoms with E-state index >= 15 is 0 Å². The lowest BCUT2D eigenvalue weighted by Crippen LogP contribution is -2.43. The SMILES string of the molecule is O=C(NC1Sc2ncccc2NC1=O)c1cc2cc(Cl)ccc2[nH]1. The smallest absolute Gasteiger partial charge is 0.269 e. The molecule has 24 heavy (non-hydrogen) atoms. The topological polar surface area (TPSA) is 86.9 Å². The minimum atomic E-state index is -0.741. The molecule has 3 heterocycles. The summed E-state index contributed by atoms with van der Waals surface area (Å²) in [5, 5.41) is 6.81. The number of nitrogens with one attached hydrogen (secondary N) is 3. The van der Waals surface area contributed by atoms with Gasteiger partial charge in [0.1, 0.15) is 10.7 Å². The van der Waals surface area contributed by atoms with Gasteiger partial charge in [-0.3, -0.25) is 9.59 Å². The minimum Gasteiger partial charge on any atom is -0.351 e. The van der Waals surface area contributed by atoms with Crippen LogP contribution < -0.4 is 10.6 Å². The zero-order valence-electron chi connectivity index (χ0n) is 12.2. The Morgan fingerprint density at radius 1 is 1.29 bits per heavy atom. The van der Waals surface area contributed by atoms with Crippen LogP contribution in [0.15, 0.2) is 47.6 Å². The maximum absolute atomic E-state index is 12.4. The Balaban J connectivity index is 1.56. The van der Waals surface area contributed by atoms with Gasteiger partial charge in [-0.15, -0.1) is 0 Å². The van der Waals surface area contributed by atoms with Crippen LogP contribution in [0.5, 0.6) is 0 Å². The van der Waals surface area contributed by atoms with Crippen molar-refractivity contribution in [3.8, 4) is 0 Å². The number of anilines is 1. The van der Waals surface area contributed by atoms with Gasteiger partial charge in [0.2, 0.25) is 0 Å². The number of nitrogens with zero attached hydrogens (tertiary/aromatic N) is 1. The van der Waals surface area contributed by atoms with E-state index in [2.05, 4.69) is 20.6 Å². The number of hydrogen-bond donors (Lipinski definition) is 3. The largest absolute Gasteiger partial charge is 0.351 e. The summed E-state index contributed by atoms with van der Waals surface area (Å²) in [5.41, 5.74) is 1.82. The molecule has 4 rings (SSSR count). The van der Waals surface area contributed by atoms with Gasteiger partial charge in [-0.25, -0.2) is 4.98 Å². The normalized spacial score (nSPS) is 16.5. The molecule has 1 unspecified atom stereocenters. The van der Waals surface area contributed by atoms with E-state index in [1.807, 2.05) is 0 Å². The van der Waals surface area contributed by atoms with Crippen molar-refractivity contribution in [3.63, 3.8) is 0 Å². The number of amides is 2. The molecule has 2 amide bonds.